The number of hydrogen-bond acceptors (Lipinski definition) is 3. The van der Waals surface area contributed by atoms with Gasteiger partial charge in [-0.1, -0.05) is 12.1 Å². The van der Waals surface area contributed by atoms with E-state index in [-0.39, 0.29) is 5.82 Å². The van der Waals surface area contributed by atoms with E-state index in [9.17, 15) is 4.39 Å². The molecule has 0 aliphatic heterocycles. The van der Waals surface area contributed by atoms with Crippen LogP contribution >= 0.6 is 0 Å². The second-order valence-electron chi connectivity index (χ2n) is 3.56. The molecule has 4 nitrogen and oxygen atoms in total. The highest BCUT2D eigenvalue weighted by molar-refractivity contribution is 5.44. The predicted octanol–water partition coefficient (Wildman–Crippen LogP) is 1.87. The average molecular weight is 220 g/mol. The monoisotopic (exact) mass is 220 g/mol. The Morgan fingerprint density at radius 2 is 2.06 bits per heavy atom. The smallest absolute Gasteiger partial charge is 0.152 e. The molecule has 1 aromatic heterocycles. The second-order valence-corrected chi connectivity index (χ2v) is 3.56. The van der Waals surface area contributed by atoms with Crippen LogP contribution in [0.15, 0.2) is 24.3 Å². The van der Waals surface area contributed by atoms with Crippen LogP contribution in [0.25, 0.3) is 0 Å². The highest BCUT2D eigenvalue weighted by Gasteiger charge is 2.05. The van der Waals surface area contributed by atoms with Crippen molar-refractivity contribution in [2.24, 2.45) is 7.05 Å². The normalized spacial score (nSPS) is 10.4. The van der Waals surface area contributed by atoms with E-state index >= 15 is 0 Å². The van der Waals surface area contributed by atoms with Gasteiger partial charge in [0.25, 0.3) is 0 Å². The molecular formula is C11H13FN4. The molecule has 1 heterocycles. The van der Waals surface area contributed by atoms with Crippen molar-refractivity contribution in [2.75, 3.05) is 5.32 Å². The number of benzene rings is 1. The molecule has 84 valence electrons. The minimum Gasteiger partial charge on any atom is -0.375 e. The molecule has 0 spiro atoms. The summed E-state index contributed by atoms with van der Waals surface area (Å²) in [7, 11) is 1.88. The number of nitrogens with zero attached hydrogens (tertiary/aromatic N) is 3. The molecule has 0 saturated carbocycles. The van der Waals surface area contributed by atoms with Crippen molar-refractivity contribution >= 4 is 5.69 Å². The van der Waals surface area contributed by atoms with E-state index in [1.807, 2.05) is 18.5 Å². The van der Waals surface area contributed by atoms with Crippen LogP contribution in [0.1, 0.15) is 11.6 Å². The zero-order valence-corrected chi connectivity index (χ0v) is 9.24. The minimum absolute atomic E-state index is 0.263. The van der Waals surface area contributed by atoms with Gasteiger partial charge in [0.1, 0.15) is 11.6 Å². The summed E-state index contributed by atoms with van der Waals surface area (Å²) in [5.74, 6) is 1.35. The minimum atomic E-state index is -0.263. The topological polar surface area (TPSA) is 42.7 Å². The van der Waals surface area contributed by atoms with Crippen molar-refractivity contribution in [2.45, 2.75) is 13.5 Å². The maximum Gasteiger partial charge on any atom is 0.152 e. The van der Waals surface area contributed by atoms with Crippen LogP contribution in [0.3, 0.4) is 0 Å². The van der Waals surface area contributed by atoms with Gasteiger partial charge in [-0.05, 0) is 19.1 Å². The lowest BCUT2D eigenvalue weighted by Gasteiger charge is -2.06. The van der Waals surface area contributed by atoms with E-state index in [2.05, 4.69) is 15.5 Å². The quantitative estimate of drug-likeness (QED) is 0.858. The van der Waals surface area contributed by atoms with Crippen LogP contribution in [-0.2, 0) is 13.6 Å². The number of para-hydroxylation sites is 1. The largest absolute Gasteiger partial charge is 0.375 e. The third kappa shape index (κ3) is 2.03. The van der Waals surface area contributed by atoms with Crippen molar-refractivity contribution in [3.63, 3.8) is 0 Å². The molecule has 2 rings (SSSR count). The van der Waals surface area contributed by atoms with Gasteiger partial charge in [0, 0.05) is 7.05 Å². The van der Waals surface area contributed by atoms with Crippen LogP contribution in [0, 0.1) is 12.7 Å². The summed E-state index contributed by atoms with van der Waals surface area (Å²) < 4.78 is 15.2. The molecule has 1 N–H and O–H groups in total. The molecule has 0 radical (unpaired) electrons. The number of hydrogen-bond donors (Lipinski definition) is 1. The Kier molecular flexibility index (Phi) is 2.85. The molecule has 0 fully saturated rings. The molecular weight excluding hydrogens is 207 g/mol. The first-order valence-corrected chi connectivity index (χ1v) is 5.02. The van der Waals surface area contributed by atoms with Crippen LogP contribution < -0.4 is 5.32 Å². The first-order chi connectivity index (χ1) is 7.68. The van der Waals surface area contributed by atoms with Crippen LogP contribution in [0.5, 0.6) is 0 Å². The van der Waals surface area contributed by atoms with E-state index in [0.717, 1.165) is 11.6 Å². The van der Waals surface area contributed by atoms with E-state index in [0.29, 0.717) is 12.2 Å². The Labute approximate surface area is 93.1 Å². The van der Waals surface area contributed by atoms with Gasteiger partial charge in [0.2, 0.25) is 0 Å². The fraction of sp³-hybridized carbons (Fsp3) is 0.273. The third-order valence-corrected chi connectivity index (χ3v) is 2.49. The van der Waals surface area contributed by atoms with Gasteiger partial charge < -0.3 is 9.88 Å². The Morgan fingerprint density at radius 1 is 1.31 bits per heavy atom. The van der Waals surface area contributed by atoms with Gasteiger partial charge in [-0.3, -0.25) is 0 Å². The number of halogens is 1. The molecule has 0 bridgehead atoms. The van der Waals surface area contributed by atoms with Crippen molar-refractivity contribution in [1.29, 1.82) is 0 Å². The van der Waals surface area contributed by atoms with E-state index in [1.165, 1.54) is 6.07 Å². The summed E-state index contributed by atoms with van der Waals surface area (Å²) in [6.45, 7) is 2.33. The first kappa shape index (κ1) is 10.6. The number of anilines is 1. The second kappa shape index (κ2) is 4.30. The summed E-state index contributed by atoms with van der Waals surface area (Å²) in [4.78, 5) is 0. The molecule has 2 aromatic rings. The summed E-state index contributed by atoms with van der Waals surface area (Å²) in [5.41, 5.74) is 0.475. The molecule has 0 aliphatic rings. The molecule has 0 unspecified atom stereocenters. The van der Waals surface area contributed by atoms with Gasteiger partial charge in [-0.15, -0.1) is 10.2 Å². The third-order valence-electron chi connectivity index (χ3n) is 2.49. The Morgan fingerprint density at radius 3 is 2.69 bits per heavy atom. The molecule has 0 atom stereocenters. The van der Waals surface area contributed by atoms with E-state index in [1.54, 1.807) is 18.2 Å². The van der Waals surface area contributed by atoms with Crippen LogP contribution in [-0.4, -0.2) is 14.8 Å². The Balaban J connectivity index is 2.08. The predicted molar refractivity (Wildman–Crippen MR) is 59.5 cm³/mol. The SMILES string of the molecule is Cc1nnc(CNc2ccccc2F)n1C. The summed E-state index contributed by atoms with van der Waals surface area (Å²) in [6, 6.07) is 6.56. The summed E-state index contributed by atoms with van der Waals surface area (Å²) >= 11 is 0. The van der Waals surface area contributed by atoms with Gasteiger partial charge in [-0.2, -0.15) is 0 Å². The lowest BCUT2D eigenvalue weighted by molar-refractivity contribution is 0.629. The molecule has 1 aromatic carbocycles. The van der Waals surface area contributed by atoms with Gasteiger partial charge in [0.15, 0.2) is 5.82 Å². The number of nitrogens with one attached hydrogen (secondary N) is 1. The molecule has 16 heavy (non-hydrogen) atoms. The van der Waals surface area contributed by atoms with Crippen LogP contribution in [0.2, 0.25) is 0 Å². The number of rotatable bonds is 3. The fourth-order valence-electron chi connectivity index (χ4n) is 1.38. The molecule has 0 amide bonds. The average Bonchev–Trinajstić information content (AvgIpc) is 2.59. The zero-order valence-electron chi connectivity index (χ0n) is 9.24. The molecule has 5 heteroatoms. The zero-order chi connectivity index (χ0) is 11.5. The lowest BCUT2D eigenvalue weighted by Crippen LogP contribution is -2.07. The first-order valence-electron chi connectivity index (χ1n) is 5.02. The lowest BCUT2D eigenvalue weighted by atomic mass is 10.3. The van der Waals surface area contributed by atoms with Crippen molar-refractivity contribution < 1.29 is 4.39 Å². The number of aryl methyl sites for hydroxylation is 1. The summed E-state index contributed by atoms with van der Waals surface area (Å²) in [6.07, 6.45) is 0. The van der Waals surface area contributed by atoms with Crippen molar-refractivity contribution in [3.05, 3.63) is 41.7 Å². The number of aromatic nitrogens is 3. The van der Waals surface area contributed by atoms with Gasteiger partial charge >= 0.3 is 0 Å². The maximum atomic E-state index is 13.3. The standard InChI is InChI=1S/C11H13FN4/c1-8-14-15-11(16(8)2)7-13-10-6-4-3-5-9(10)12/h3-6,13H,7H2,1-2H3. The van der Waals surface area contributed by atoms with Crippen LogP contribution in [0.4, 0.5) is 10.1 Å². The Bertz CT molecular complexity index is 492. The fourth-order valence-corrected chi connectivity index (χ4v) is 1.38. The van der Waals surface area contributed by atoms with Gasteiger partial charge in [-0.25, -0.2) is 4.39 Å². The highest BCUT2D eigenvalue weighted by Crippen LogP contribution is 2.13. The summed E-state index contributed by atoms with van der Waals surface area (Å²) in [5, 5.41) is 10.9. The Hall–Kier alpha value is -1.91. The highest BCUT2D eigenvalue weighted by atomic mass is 19.1. The van der Waals surface area contributed by atoms with E-state index in [4.69, 9.17) is 0 Å². The van der Waals surface area contributed by atoms with E-state index < -0.39 is 0 Å². The maximum absolute atomic E-state index is 13.3. The van der Waals surface area contributed by atoms with Gasteiger partial charge in [0.05, 0.1) is 12.2 Å². The van der Waals surface area contributed by atoms with Crippen molar-refractivity contribution in [3.8, 4) is 0 Å². The van der Waals surface area contributed by atoms with Crippen molar-refractivity contribution in [1.82, 2.24) is 14.8 Å². The molecule has 0 aliphatic carbocycles. The molecule has 0 saturated heterocycles.